The van der Waals surface area contributed by atoms with Crippen molar-refractivity contribution in [1.82, 2.24) is 15.1 Å². The van der Waals surface area contributed by atoms with Gasteiger partial charge in [-0.25, -0.2) is 4.79 Å². The first-order valence-electron chi connectivity index (χ1n) is 13.8. The number of para-hydroxylation sites is 1. The average Bonchev–Trinajstić information content (AvgIpc) is 3.16. The number of hydrogen-bond donors (Lipinski definition) is 4. The second kappa shape index (κ2) is 19.0. The number of benzene rings is 2. The van der Waals surface area contributed by atoms with Crippen LogP contribution in [0.3, 0.4) is 0 Å². The lowest BCUT2D eigenvalue weighted by Gasteiger charge is -2.21. The Balaban J connectivity index is 0.000000653. The van der Waals surface area contributed by atoms with Crippen LogP contribution in [0.5, 0.6) is 5.75 Å². The zero-order valence-corrected chi connectivity index (χ0v) is 25.0. The van der Waals surface area contributed by atoms with E-state index < -0.39 is 5.97 Å². The number of nitrogens with zero attached hydrogens (tertiary/aromatic N) is 2. The van der Waals surface area contributed by atoms with Gasteiger partial charge in [0.1, 0.15) is 5.75 Å². The van der Waals surface area contributed by atoms with E-state index in [-0.39, 0.29) is 24.4 Å². The van der Waals surface area contributed by atoms with E-state index in [0.29, 0.717) is 24.3 Å². The van der Waals surface area contributed by atoms with Crippen molar-refractivity contribution in [2.45, 2.75) is 53.0 Å². The first kappa shape index (κ1) is 34.9. The zero-order chi connectivity index (χ0) is 30.8. The normalized spacial score (nSPS) is 13.6. The molecule has 0 saturated carbocycles. The Morgan fingerprint density at radius 3 is 2.34 bits per heavy atom. The molecule has 1 aliphatic rings. The standard InChI is InChI=1S/C23H30N4O3.C5H9NO3.C2H6/c1-17-7-4-5-8-19(17)24-23(29)25-20-10-9-18(15-21(20)30-3)16-22(28)27-12-6-11-26(2)13-14-27;1-4(6-3-7)2-5(8)9;1-2/h4-5,7-10,15H,6,11-14,16H2,1-3H3,(H2,24,25,29);3-4H,2H2,1H3,(H,6,7)(H,8,9);1-2H3. The highest BCUT2D eigenvalue weighted by atomic mass is 16.5. The monoisotopic (exact) mass is 571 g/mol. The second-order valence-corrected chi connectivity index (χ2v) is 9.43. The third kappa shape index (κ3) is 13.2. The van der Waals surface area contributed by atoms with Gasteiger partial charge < -0.3 is 35.6 Å². The van der Waals surface area contributed by atoms with E-state index in [1.54, 1.807) is 20.1 Å². The number of urea groups is 1. The quantitative estimate of drug-likeness (QED) is 0.334. The number of hydrogen-bond acceptors (Lipinski definition) is 6. The molecule has 0 bridgehead atoms. The highest BCUT2D eigenvalue weighted by Gasteiger charge is 2.18. The van der Waals surface area contributed by atoms with Crippen LogP contribution in [0.2, 0.25) is 0 Å². The predicted molar refractivity (Wildman–Crippen MR) is 161 cm³/mol. The number of amides is 4. The molecule has 1 fully saturated rings. The molecule has 41 heavy (non-hydrogen) atoms. The van der Waals surface area contributed by atoms with Gasteiger partial charge in [-0.3, -0.25) is 14.4 Å². The summed E-state index contributed by atoms with van der Waals surface area (Å²) in [6.45, 7) is 11.0. The van der Waals surface area contributed by atoms with Gasteiger partial charge in [0.2, 0.25) is 12.3 Å². The zero-order valence-electron chi connectivity index (χ0n) is 25.0. The Morgan fingerprint density at radius 2 is 1.71 bits per heavy atom. The van der Waals surface area contributed by atoms with Crippen LogP contribution in [0, 0.1) is 6.92 Å². The number of carbonyl (C=O) groups excluding carboxylic acids is 3. The lowest BCUT2D eigenvalue weighted by atomic mass is 10.1. The topological polar surface area (TPSA) is 140 Å². The molecular formula is C30H45N5O6. The molecule has 1 saturated heterocycles. The van der Waals surface area contributed by atoms with Crippen molar-refractivity contribution in [3.05, 3.63) is 53.6 Å². The van der Waals surface area contributed by atoms with Crippen LogP contribution in [0.4, 0.5) is 16.2 Å². The number of likely N-dealkylation sites (N-methyl/N-ethyl adjacent to an activating group) is 1. The first-order valence-corrected chi connectivity index (χ1v) is 13.8. The number of methoxy groups -OCH3 is 1. The molecule has 0 spiro atoms. The van der Waals surface area contributed by atoms with Gasteiger partial charge in [0.25, 0.3) is 0 Å². The molecule has 226 valence electrons. The molecule has 0 aliphatic carbocycles. The van der Waals surface area contributed by atoms with Gasteiger partial charge in [-0.1, -0.05) is 38.1 Å². The molecule has 3 rings (SSSR count). The molecule has 2 aromatic rings. The third-order valence-corrected chi connectivity index (χ3v) is 6.17. The maximum Gasteiger partial charge on any atom is 0.323 e. The Kier molecular flexibility index (Phi) is 16.2. The summed E-state index contributed by atoms with van der Waals surface area (Å²) in [4.78, 5) is 48.9. The molecule has 0 radical (unpaired) electrons. The van der Waals surface area contributed by atoms with E-state index in [1.165, 1.54) is 0 Å². The summed E-state index contributed by atoms with van der Waals surface area (Å²) in [6, 6.07) is 12.4. The minimum Gasteiger partial charge on any atom is -0.495 e. The SMILES string of the molecule is CC.CC(CC(=O)O)NC=O.COc1cc(CC(=O)N2CCCN(C)CC2)ccc1NC(=O)Nc1ccccc1C. The summed E-state index contributed by atoms with van der Waals surface area (Å²) < 4.78 is 5.45. The fourth-order valence-corrected chi connectivity index (χ4v) is 3.96. The smallest absolute Gasteiger partial charge is 0.323 e. The Hall–Kier alpha value is -4.12. The van der Waals surface area contributed by atoms with Crippen LogP contribution in [0.15, 0.2) is 42.5 Å². The van der Waals surface area contributed by atoms with Crippen LogP contribution in [0.25, 0.3) is 0 Å². The Morgan fingerprint density at radius 1 is 1.02 bits per heavy atom. The van der Waals surface area contributed by atoms with Crippen LogP contribution in [0.1, 0.15) is 44.7 Å². The lowest BCUT2D eigenvalue weighted by molar-refractivity contribution is -0.137. The minimum absolute atomic E-state index is 0.0290. The number of aliphatic carboxylic acids is 1. The molecule has 4 amide bonds. The maximum atomic E-state index is 12.7. The van der Waals surface area contributed by atoms with Crippen molar-refractivity contribution in [1.29, 1.82) is 0 Å². The van der Waals surface area contributed by atoms with Crippen LogP contribution >= 0.6 is 0 Å². The van der Waals surface area contributed by atoms with Gasteiger partial charge in [0.05, 0.1) is 25.6 Å². The van der Waals surface area contributed by atoms with Gasteiger partial charge in [-0.05, 0) is 63.2 Å². The van der Waals surface area contributed by atoms with Crippen LogP contribution in [-0.2, 0) is 20.8 Å². The summed E-state index contributed by atoms with van der Waals surface area (Å²) in [5, 5.41) is 16.1. The molecule has 1 unspecified atom stereocenters. The van der Waals surface area contributed by atoms with Crippen molar-refractivity contribution in [3.63, 3.8) is 0 Å². The summed E-state index contributed by atoms with van der Waals surface area (Å²) in [7, 11) is 3.63. The number of nitrogens with one attached hydrogen (secondary N) is 3. The van der Waals surface area contributed by atoms with E-state index >= 15 is 0 Å². The van der Waals surface area contributed by atoms with Crippen LogP contribution in [-0.4, -0.2) is 85.6 Å². The predicted octanol–water partition coefficient (Wildman–Crippen LogP) is 3.98. The molecule has 2 aromatic carbocycles. The summed E-state index contributed by atoms with van der Waals surface area (Å²) in [5.74, 6) is -0.266. The van der Waals surface area contributed by atoms with E-state index in [2.05, 4.69) is 27.9 Å². The maximum absolute atomic E-state index is 12.7. The fraction of sp³-hybridized carbons (Fsp3) is 0.467. The van der Waals surface area contributed by atoms with Crippen molar-refractivity contribution >= 4 is 35.7 Å². The van der Waals surface area contributed by atoms with Crippen molar-refractivity contribution in [2.75, 3.05) is 51.0 Å². The Labute approximate surface area is 243 Å². The third-order valence-electron chi connectivity index (χ3n) is 6.17. The number of anilines is 2. The van der Waals surface area contributed by atoms with Crippen molar-refractivity contribution < 1.29 is 29.0 Å². The molecule has 11 heteroatoms. The van der Waals surface area contributed by atoms with Crippen LogP contribution < -0.4 is 20.7 Å². The number of carboxylic acids is 1. The van der Waals surface area contributed by atoms with Gasteiger partial charge in [-0.15, -0.1) is 0 Å². The average molecular weight is 572 g/mol. The largest absolute Gasteiger partial charge is 0.495 e. The van der Waals surface area contributed by atoms with Crippen molar-refractivity contribution in [3.8, 4) is 5.75 Å². The Bertz CT molecular complexity index is 1130. The number of ether oxygens (including phenoxy) is 1. The van der Waals surface area contributed by atoms with Crippen molar-refractivity contribution in [2.24, 2.45) is 0 Å². The molecule has 1 heterocycles. The molecule has 0 aromatic heterocycles. The van der Waals surface area contributed by atoms with Gasteiger partial charge >= 0.3 is 12.0 Å². The molecule has 1 atom stereocenters. The summed E-state index contributed by atoms with van der Waals surface area (Å²) >= 11 is 0. The highest BCUT2D eigenvalue weighted by molar-refractivity contribution is 6.01. The van der Waals surface area contributed by atoms with E-state index in [1.807, 2.05) is 62.1 Å². The van der Waals surface area contributed by atoms with Gasteiger partial charge in [0.15, 0.2) is 0 Å². The number of carboxylic acid groups (broad SMARTS) is 1. The van der Waals surface area contributed by atoms with E-state index in [9.17, 15) is 19.2 Å². The first-order chi connectivity index (χ1) is 19.6. The molecule has 11 nitrogen and oxygen atoms in total. The lowest BCUT2D eigenvalue weighted by Crippen LogP contribution is -2.35. The highest BCUT2D eigenvalue weighted by Crippen LogP contribution is 2.26. The number of aryl methyl sites for hydroxylation is 1. The number of rotatable bonds is 9. The van der Waals surface area contributed by atoms with E-state index in [4.69, 9.17) is 9.84 Å². The van der Waals surface area contributed by atoms with Gasteiger partial charge in [0, 0.05) is 31.4 Å². The molecule has 1 aliphatic heterocycles. The molecule has 4 N–H and O–H groups in total. The summed E-state index contributed by atoms with van der Waals surface area (Å²) in [5.41, 5.74) is 3.14. The van der Waals surface area contributed by atoms with E-state index in [0.717, 1.165) is 49.4 Å². The number of carbonyl (C=O) groups is 4. The molecular weight excluding hydrogens is 526 g/mol. The summed E-state index contributed by atoms with van der Waals surface area (Å²) in [6.07, 6.45) is 1.77. The second-order valence-electron chi connectivity index (χ2n) is 9.43. The fourth-order valence-electron chi connectivity index (χ4n) is 3.96. The minimum atomic E-state index is -0.906. The van der Waals surface area contributed by atoms with Gasteiger partial charge in [-0.2, -0.15) is 0 Å².